The minimum absolute atomic E-state index is 0.364. The van der Waals surface area contributed by atoms with E-state index >= 15 is 0 Å². The highest BCUT2D eigenvalue weighted by atomic mass is 16.3. The SMILES string of the molecule is C/C=C/CC/C=C/CCCC(O)C(O)C(CO)NC(=O)C(O)CCCCCCCCCCCCCCCCCCCCCCCCCCCCCCCC. The van der Waals surface area contributed by atoms with E-state index in [0.717, 1.165) is 38.5 Å². The second kappa shape index (κ2) is 42.9. The predicted molar refractivity (Wildman–Crippen MR) is 233 cm³/mol. The summed E-state index contributed by atoms with van der Waals surface area (Å²) < 4.78 is 0. The zero-order valence-electron chi connectivity index (χ0n) is 36.0. The number of hydrogen-bond acceptors (Lipinski definition) is 5. The summed E-state index contributed by atoms with van der Waals surface area (Å²) in [6, 6.07) is -1.00. The van der Waals surface area contributed by atoms with Gasteiger partial charge in [-0.25, -0.2) is 0 Å². The first-order valence-electron chi connectivity index (χ1n) is 23.7. The normalized spacial score (nSPS) is 14.3. The number of unbranched alkanes of at least 4 members (excludes halogenated alkanes) is 31. The largest absolute Gasteiger partial charge is 0.394 e. The van der Waals surface area contributed by atoms with Crippen molar-refractivity contribution in [2.45, 2.75) is 269 Å². The third-order valence-corrected chi connectivity index (χ3v) is 11.2. The molecule has 0 radical (unpaired) electrons. The average molecular weight is 764 g/mol. The van der Waals surface area contributed by atoms with E-state index in [4.69, 9.17) is 0 Å². The molecule has 0 aromatic carbocycles. The molecule has 0 aromatic rings. The lowest BCUT2D eigenvalue weighted by Crippen LogP contribution is -2.53. The van der Waals surface area contributed by atoms with Crippen molar-refractivity contribution >= 4 is 5.91 Å². The summed E-state index contributed by atoms with van der Waals surface area (Å²) in [6.07, 6.45) is 50.0. The molecule has 0 rings (SSSR count). The highest BCUT2D eigenvalue weighted by Crippen LogP contribution is 2.17. The predicted octanol–water partition coefficient (Wildman–Crippen LogP) is 12.7. The van der Waals surface area contributed by atoms with E-state index in [0.29, 0.717) is 19.3 Å². The van der Waals surface area contributed by atoms with Gasteiger partial charge < -0.3 is 25.7 Å². The van der Waals surface area contributed by atoms with Crippen molar-refractivity contribution in [3.8, 4) is 0 Å². The molecule has 4 atom stereocenters. The van der Waals surface area contributed by atoms with Gasteiger partial charge in [0.1, 0.15) is 12.2 Å². The lowest BCUT2D eigenvalue weighted by atomic mass is 10.00. The fourth-order valence-electron chi connectivity index (χ4n) is 7.49. The number of aliphatic hydroxyl groups is 4. The van der Waals surface area contributed by atoms with Crippen LogP contribution < -0.4 is 5.32 Å². The van der Waals surface area contributed by atoms with Crippen molar-refractivity contribution in [1.29, 1.82) is 0 Å². The molecule has 0 aromatic heterocycles. The van der Waals surface area contributed by atoms with Gasteiger partial charge in [-0.2, -0.15) is 0 Å². The number of aliphatic hydroxyl groups excluding tert-OH is 4. The molecule has 1 amide bonds. The first-order valence-corrected chi connectivity index (χ1v) is 23.7. The minimum atomic E-state index is -1.28. The van der Waals surface area contributed by atoms with Gasteiger partial charge in [-0.15, -0.1) is 0 Å². The van der Waals surface area contributed by atoms with Crippen LogP contribution in [0.3, 0.4) is 0 Å². The van der Waals surface area contributed by atoms with E-state index in [9.17, 15) is 25.2 Å². The lowest BCUT2D eigenvalue weighted by molar-refractivity contribution is -0.132. The Morgan fingerprint density at radius 3 is 1.20 bits per heavy atom. The topological polar surface area (TPSA) is 110 Å². The van der Waals surface area contributed by atoms with E-state index in [1.165, 1.54) is 173 Å². The number of amides is 1. The Kier molecular flexibility index (Phi) is 42.0. The number of allylic oxidation sites excluding steroid dienone is 4. The molecule has 54 heavy (non-hydrogen) atoms. The summed E-state index contributed by atoms with van der Waals surface area (Å²) in [6.45, 7) is 3.80. The molecule has 0 spiro atoms. The van der Waals surface area contributed by atoms with Gasteiger partial charge in [0.15, 0.2) is 0 Å². The second-order valence-corrected chi connectivity index (χ2v) is 16.5. The van der Waals surface area contributed by atoms with Crippen LogP contribution in [0.4, 0.5) is 0 Å². The summed E-state index contributed by atoms with van der Waals surface area (Å²) in [5.74, 6) is -0.597. The Morgan fingerprint density at radius 2 is 0.833 bits per heavy atom. The van der Waals surface area contributed by atoms with Crippen molar-refractivity contribution in [3.63, 3.8) is 0 Å². The molecule has 0 aliphatic rings. The summed E-state index contributed by atoms with van der Waals surface area (Å²) in [5.41, 5.74) is 0. The average Bonchev–Trinajstić information content (AvgIpc) is 3.18. The van der Waals surface area contributed by atoms with Gasteiger partial charge in [0.05, 0.1) is 18.8 Å². The smallest absolute Gasteiger partial charge is 0.249 e. The fraction of sp³-hybridized carbons (Fsp3) is 0.896. The Morgan fingerprint density at radius 1 is 0.481 bits per heavy atom. The van der Waals surface area contributed by atoms with Crippen molar-refractivity contribution in [3.05, 3.63) is 24.3 Å². The Hall–Kier alpha value is -1.21. The van der Waals surface area contributed by atoms with Crippen LogP contribution in [0.1, 0.15) is 245 Å². The van der Waals surface area contributed by atoms with E-state index in [2.05, 4.69) is 30.5 Å². The molecule has 6 heteroatoms. The van der Waals surface area contributed by atoms with E-state index in [1.807, 2.05) is 13.0 Å². The molecular formula is C48H93NO5. The first-order chi connectivity index (χ1) is 26.5. The number of carbonyl (C=O) groups excluding carboxylic acids is 1. The Balaban J connectivity index is 3.51. The number of rotatable bonds is 43. The van der Waals surface area contributed by atoms with Crippen LogP contribution in [0.15, 0.2) is 24.3 Å². The number of carbonyl (C=O) groups is 1. The van der Waals surface area contributed by atoms with Gasteiger partial charge in [0.2, 0.25) is 5.91 Å². The molecule has 0 saturated heterocycles. The molecule has 0 bridgehead atoms. The van der Waals surface area contributed by atoms with Crippen molar-refractivity contribution in [2.75, 3.05) is 6.61 Å². The van der Waals surface area contributed by atoms with Gasteiger partial charge in [0.25, 0.3) is 0 Å². The molecule has 4 unspecified atom stereocenters. The third kappa shape index (κ3) is 36.4. The summed E-state index contributed by atoms with van der Waals surface area (Å²) in [7, 11) is 0. The highest BCUT2D eigenvalue weighted by molar-refractivity contribution is 5.80. The van der Waals surface area contributed by atoms with Crippen LogP contribution in [0.2, 0.25) is 0 Å². The quantitative estimate of drug-likeness (QED) is 0.0314. The van der Waals surface area contributed by atoms with Crippen molar-refractivity contribution < 1.29 is 25.2 Å². The molecule has 0 heterocycles. The summed E-state index contributed by atoms with van der Waals surface area (Å²) in [5, 5.41) is 43.4. The fourth-order valence-corrected chi connectivity index (χ4v) is 7.49. The van der Waals surface area contributed by atoms with E-state index in [-0.39, 0.29) is 0 Å². The van der Waals surface area contributed by atoms with Crippen LogP contribution in [0.25, 0.3) is 0 Å². The first kappa shape index (κ1) is 52.8. The maximum absolute atomic E-state index is 12.5. The monoisotopic (exact) mass is 764 g/mol. The zero-order valence-corrected chi connectivity index (χ0v) is 36.0. The van der Waals surface area contributed by atoms with Gasteiger partial charge >= 0.3 is 0 Å². The molecular weight excluding hydrogens is 671 g/mol. The molecule has 0 fully saturated rings. The van der Waals surface area contributed by atoms with Gasteiger partial charge in [-0.05, 0) is 45.4 Å². The third-order valence-electron chi connectivity index (χ3n) is 11.2. The summed E-state index contributed by atoms with van der Waals surface area (Å²) in [4.78, 5) is 12.5. The molecule has 6 nitrogen and oxygen atoms in total. The minimum Gasteiger partial charge on any atom is -0.394 e. The van der Waals surface area contributed by atoms with Crippen molar-refractivity contribution in [2.24, 2.45) is 0 Å². The second-order valence-electron chi connectivity index (χ2n) is 16.5. The summed E-state index contributed by atoms with van der Waals surface area (Å²) >= 11 is 0. The highest BCUT2D eigenvalue weighted by Gasteiger charge is 2.28. The molecule has 0 saturated carbocycles. The van der Waals surface area contributed by atoms with Crippen LogP contribution in [-0.4, -0.2) is 57.3 Å². The van der Waals surface area contributed by atoms with Crippen LogP contribution in [-0.2, 0) is 4.79 Å². The molecule has 5 N–H and O–H groups in total. The van der Waals surface area contributed by atoms with E-state index in [1.54, 1.807) is 0 Å². The molecule has 0 aliphatic carbocycles. The lowest BCUT2D eigenvalue weighted by Gasteiger charge is -2.27. The van der Waals surface area contributed by atoms with Crippen LogP contribution in [0.5, 0.6) is 0 Å². The van der Waals surface area contributed by atoms with Crippen LogP contribution >= 0.6 is 0 Å². The van der Waals surface area contributed by atoms with E-state index < -0.39 is 36.9 Å². The number of nitrogens with one attached hydrogen (secondary N) is 1. The zero-order chi connectivity index (χ0) is 39.6. The molecule has 0 aliphatic heterocycles. The maximum Gasteiger partial charge on any atom is 0.249 e. The van der Waals surface area contributed by atoms with Crippen molar-refractivity contribution in [1.82, 2.24) is 5.32 Å². The van der Waals surface area contributed by atoms with Gasteiger partial charge in [-0.3, -0.25) is 4.79 Å². The number of hydrogen-bond donors (Lipinski definition) is 5. The van der Waals surface area contributed by atoms with Gasteiger partial charge in [0, 0.05) is 0 Å². The van der Waals surface area contributed by atoms with Crippen LogP contribution in [0, 0.1) is 0 Å². The Bertz CT molecular complexity index is 817. The van der Waals surface area contributed by atoms with Gasteiger partial charge in [-0.1, -0.05) is 224 Å². The molecule has 320 valence electrons. The Labute approximate surface area is 335 Å². The standard InChI is InChI=1S/C48H93NO5/c1-3-5-7-9-11-13-14-15-16-17-18-19-20-21-22-23-24-25-26-27-28-29-30-31-32-33-34-36-38-40-42-46(52)48(54)49-44(43-50)47(53)45(51)41-39-37-35-12-10-8-6-4-2/h4,6,12,35,44-47,50-53H,3,5,7-11,13-34,36-43H2,1-2H3,(H,49,54)/b6-4+,35-12+. The maximum atomic E-state index is 12.5.